The fourth-order valence-electron chi connectivity index (χ4n) is 10.2. The molecule has 0 spiro atoms. The summed E-state index contributed by atoms with van der Waals surface area (Å²) in [6.07, 6.45) is 4.45. The third kappa shape index (κ3) is 17.2. The Morgan fingerprint density at radius 3 is 1.18 bits per heavy atom. The van der Waals surface area contributed by atoms with Gasteiger partial charge in [0.25, 0.3) is 0 Å². The van der Waals surface area contributed by atoms with Crippen LogP contribution >= 0.6 is 156 Å². The van der Waals surface area contributed by atoms with E-state index in [1.807, 2.05) is 75.7 Å². The van der Waals surface area contributed by atoms with Crippen LogP contribution in [0.5, 0.6) is 0 Å². The minimum Gasteiger partial charge on any atom is -0.369 e. The van der Waals surface area contributed by atoms with Crippen molar-refractivity contribution in [3.05, 3.63) is 70.8 Å². The molecule has 6 rings (SSSR count). The van der Waals surface area contributed by atoms with Crippen LogP contribution in [-0.4, -0.2) is 93.4 Å². The van der Waals surface area contributed by atoms with E-state index in [0.717, 1.165) is 53.0 Å². The third-order valence-electron chi connectivity index (χ3n) is 13.7. The van der Waals surface area contributed by atoms with E-state index in [1.165, 1.54) is 0 Å². The predicted molar refractivity (Wildman–Crippen MR) is 335 cm³/mol. The summed E-state index contributed by atoms with van der Waals surface area (Å²) in [5.74, 6) is 0.957. The van der Waals surface area contributed by atoms with Crippen molar-refractivity contribution in [2.45, 2.75) is 121 Å². The number of thiocarbonyl (C=S) groups is 2. The molecule has 8 nitrogen and oxygen atoms in total. The van der Waals surface area contributed by atoms with Crippen molar-refractivity contribution >= 4 is 189 Å². The molecule has 384 valence electrons. The van der Waals surface area contributed by atoms with Gasteiger partial charge in [0.2, 0.25) is 0 Å². The van der Waals surface area contributed by atoms with E-state index in [4.69, 9.17) is 24.4 Å². The lowest BCUT2D eigenvalue weighted by Crippen LogP contribution is -2.50. The number of thioether (sulfide) groups is 2. The summed E-state index contributed by atoms with van der Waals surface area (Å²) in [7, 11) is 3.71. The summed E-state index contributed by atoms with van der Waals surface area (Å²) in [5, 5.41) is 13.3. The Labute approximate surface area is 477 Å². The number of carbonyl (C=O) groups is 4. The second kappa shape index (κ2) is 31.1. The Morgan fingerprint density at radius 2 is 0.881 bits per heavy atom. The number of likely N-dealkylation sites (N-methyl/N-ethyl adjacent to an activating group) is 2. The van der Waals surface area contributed by atoms with E-state index in [-0.39, 0.29) is 200 Å². The number of fused-ring (bicyclic) bond motifs is 2. The summed E-state index contributed by atoms with van der Waals surface area (Å²) in [6, 6.07) is 15.7. The molecule has 2 saturated heterocycles. The zero-order valence-corrected chi connectivity index (χ0v) is 51.3. The molecule has 2 aromatic carbocycles. The number of nitrogens with one attached hydrogen (secondary N) is 4. The monoisotopic (exact) mass is 1150 g/mol. The minimum atomic E-state index is -0.370. The average molecular weight is 1150 g/mol. The van der Waals surface area contributed by atoms with Crippen LogP contribution < -0.4 is 21.3 Å². The van der Waals surface area contributed by atoms with Crippen LogP contribution in [0.4, 0.5) is 0 Å². The van der Waals surface area contributed by atoms with Crippen LogP contribution in [0.15, 0.2) is 48.5 Å². The van der Waals surface area contributed by atoms with Crippen molar-refractivity contribution in [1.82, 2.24) is 21.3 Å². The topological polar surface area (TPSA) is 116 Å². The van der Waals surface area contributed by atoms with Gasteiger partial charge in [-0.3, -0.25) is 19.2 Å². The molecule has 4 aliphatic rings. The van der Waals surface area contributed by atoms with Crippen molar-refractivity contribution in [1.29, 1.82) is 0 Å². The molecule has 0 bridgehead atoms. The lowest BCUT2D eigenvalue weighted by molar-refractivity contribution is -0.134. The van der Waals surface area contributed by atoms with Crippen LogP contribution in [0.3, 0.4) is 0 Å². The van der Waals surface area contributed by atoms with Crippen molar-refractivity contribution in [2.75, 3.05) is 25.6 Å². The summed E-state index contributed by atoms with van der Waals surface area (Å²) in [5.41, 5.74) is 3.65. The van der Waals surface area contributed by atoms with Gasteiger partial charge >= 0.3 is 0 Å². The number of Topliss-reactive ketones (excluding diaryl/α,β-unsaturated/α-hetero) is 4. The molecule has 0 amide bonds. The first kappa shape index (κ1) is 71.6. The molecule has 2 unspecified atom stereocenters. The minimum absolute atomic E-state index is 0. The number of carbonyl (C=O) groups excluding carboxylic acids is 4. The molecule has 10 atom stereocenters. The van der Waals surface area contributed by atoms with Gasteiger partial charge in [-0.2, -0.15) is 131 Å². The van der Waals surface area contributed by atoms with Gasteiger partial charge in [0.15, 0.2) is 11.6 Å². The fourth-order valence-corrected chi connectivity index (χ4v) is 14.2. The molecule has 4 fully saturated rings. The van der Waals surface area contributed by atoms with Crippen molar-refractivity contribution in [2.24, 2.45) is 34.5 Å². The first-order chi connectivity index (χ1) is 27.9. The van der Waals surface area contributed by atoms with E-state index in [2.05, 4.69) is 73.2 Å². The smallest absolute Gasteiger partial charge is 0.159 e. The van der Waals surface area contributed by atoms with Crippen molar-refractivity contribution in [3.63, 3.8) is 0 Å². The highest BCUT2D eigenvalue weighted by Gasteiger charge is 2.57. The van der Waals surface area contributed by atoms with Crippen LogP contribution in [0.2, 0.25) is 0 Å². The Morgan fingerprint density at radius 1 is 0.582 bits per heavy atom. The number of ketones is 4. The number of hydrogen-bond acceptors (Lipinski definition) is 10. The molecule has 0 aromatic heterocycles. The molecule has 2 heterocycles. The second-order valence-electron chi connectivity index (χ2n) is 18.8. The van der Waals surface area contributed by atoms with Gasteiger partial charge < -0.3 is 21.3 Å². The lowest BCUT2D eigenvalue weighted by Gasteiger charge is -2.31. The predicted octanol–water partition coefficient (Wildman–Crippen LogP) is 7.66. The van der Waals surface area contributed by atoms with Crippen LogP contribution in [0.25, 0.3) is 0 Å². The summed E-state index contributed by atoms with van der Waals surface area (Å²) in [4.78, 5) is 57.8. The second-order valence-corrected chi connectivity index (χ2v) is 22.4. The first-order valence-corrected chi connectivity index (χ1v) is 24.3. The van der Waals surface area contributed by atoms with Crippen molar-refractivity contribution in [3.8, 4) is 0 Å². The van der Waals surface area contributed by atoms with Gasteiger partial charge in [-0.25, -0.2) is 0 Å². The van der Waals surface area contributed by atoms with Crippen LogP contribution in [0.1, 0.15) is 89.5 Å². The maximum absolute atomic E-state index is 14.1. The maximum Gasteiger partial charge on any atom is 0.159 e. The third-order valence-corrected chi connectivity index (χ3v) is 17.3. The SMILES string of the molecule is CN[C@@H](C)C(=S)N[C@H]1CCS[C@H]2CC(C)(C)[C@@H](C(=O)Cc3ccc(Cc4ccc(CC(=O)[C@H]5C6C(=O)[C@@H](NC(=S)[C@H](C)NC)CCS[C@H]6CC5(C)C)cc4)cc3)C2C1=O.S.S.S.S.S.S.S.S. The standard InChI is InChI=1S/C47H64N4O4S4.8H2S/c1-26(48-7)44(56)50-32-17-19-58-36-24-46(3,4)40(38(36)42(32)54)34(52)22-30-13-9-28(10-14-30)21-29-11-15-31(16-12-29)23-35(53)41-39-37(25-47(41,5)6)59-20-18-33(43(39)55)51-45(57)27(2)49-8;;;;;;;;/h9-16,26-27,32-33,36-41,48-49H,17-25H2,1-8H3,(H,50,56)(H,51,57);8*1H2/t26-,27-,32-,33-,36-,37-,38?,39?,40-,41-;;;;;;;;/m0......../s1. The molecule has 67 heavy (non-hydrogen) atoms. The van der Waals surface area contributed by atoms with Crippen molar-refractivity contribution < 1.29 is 19.2 Å². The van der Waals surface area contributed by atoms with Gasteiger partial charge in [0.1, 0.15) is 11.6 Å². The summed E-state index contributed by atoms with van der Waals surface area (Å²) in [6.45, 7) is 12.6. The molecule has 4 N–H and O–H groups in total. The molecular formula is C47H80N4O4S12. The molecule has 2 saturated carbocycles. The number of benzene rings is 2. The van der Waals surface area contributed by atoms with Gasteiger partial charge in [-0.1, -0.05) is 101 Å². The number of hydrogen-bond donors (Lipinski definition) is 4. The van der Waals surface area contributed by atoms with Gasteiger partial charge in [0.05, 0.1) is 34.1 Å². The average Bonchev–Trinajstić information content (AvgIpc) is 3.51. The first-order valence-electron chi connectivity index (χ1n) is 21.4. The van der Waals surface area contributed by atoms with Crippen LogP contribution in [-0.2, 0) is 38.4 Å². The van der Waals surface area contributed by atoms with Gasteiger partial charge in [0, 0.05) is 47.0 Å². The largest absolute Gasteiger partial charge is 0.369 e. The van der Waals surface area contributed by atoms with Gasteiger partial charge in [-0.15, -0.1) is 0 Å². The molecule has 2 aliphatic carbocycles. The molecule has 20 heteroatoms. The van der Waals surface area contributed by atoms with E-state index in [0.29, 0.717) is 35.7 Å². The van der Waals surface area contributed by atoms with Crippen LogP contribution in [0, 0.1) is 34.5 Å². The Balaban J connectivity index is -0.00000512. The quantitative estimate of drug-likeness (QED) is 0.139. The fraction of sp³-hybridized carbons (Fsp3) is 0.617. The molecule has 0 radical (unpaired) electrons. The van der Waals surface area contributed by atoms with E-state index < -0.39 is 0 Å². The Kier molecular flexibility index (Phi) is 33.3. The van der Waals surface area contributed by atoms with Gasteiger partial charge in [-0.05, 0) is 105 Å². The zero-order chi connectivity index (χ0) is 42.8. The molecular weight excluding hydrogens is 1070 g/mol. The highest BCUT2D eigenvalue weighted by Crippen LogP contribution is 2.55. The lowest BCUT2D eigenvalue weighted by atomic mass is 9.72. The summed E-state index contributed by atoms with van der Waals surface area (Å²) >= 11 is 14.9. The zero-order valence-electron chi connectivity index (χ0n) is 40.0. The van der Waals surface area contributed by atoms with E-state index >= 15 is 0 Å². The van der Waals surface area contributed by atoms with E-state index in [1.54, 1.807) is 0 Å². The number of rotatable bonds is 14. The maximum atomic E-state index is 14.1. The highest BCUT2D eigenvalue weighted by atomic mass is 32.2. The molecule has 2 aromatic rings. The molecule has 2 aliphatic heterocycles. The Bertz CT molecular complexity index is 1790. The normalized spacial score (nSPS) is 26.1. The highest BCUT2D eigenvalue weighted by molar-refractivity contribution is 8.00. The Hall–Kier alpha value is 0.320. The summed E-state index contributed by atoms with van der Waals surface area (Å²) < 4.78 is 0. The van der Waals surface area contributed by atoms with E-state index in [9.17, 15) is 19.2 Å².